The number of hydrogen-bond donors (Lipinski definition) is 1. The molecular weight excluding hydrogens is 408 g/mol. The first-order chi connectivity index (χ1) is 15.3. The van der Waals surface area contributed by atoms with Crippen molar-refractivity contribution in [1.29, 1.82) is 0 Å². The Labute approximate surface area is 202 Å². The summed E-state index contributed by atoms with van der Waals surface area (Å²) < 4.78 is 5.91. The largest absolute Gasteiger partial charge is 0.462 e. The van der Waals surface area contributed by atoms with Crippen molar-refractivity contribution in [3.63, 3.8) is 0 Å². The second-order valence-corrected chi connectivity index (χ2v) is 15.1. The zero-order chi connectivity index (χ0) is 24.1. The molecule has 3 nitrogen and oxygen atoms in total. The van der Waals surface area contributed by atoms with Crippen molar-refractivity contribution >= 4 is 5.97 Å². The van der Waals surface area contributed by atoms with Gasteiger partial charge in [0.05, 0.1) is 0 Å². The Morgan fingerprint density at radius 2 is 1.42 bits per heavy atom. The predicted molar refractivity (Wildman–Crippen MR) is 133 cm³/mol. The average Bonchev–Trinajstić information content (AvgIpc) is 2.86. The van der Waals surface area contributed by atoms with Gasteiger partial charge in [0.2, 0.25) is 0 Å². The number of rotatable bonds is 1. The van der Waals surface area contributed by atoms with E-state index in [9.17, 15) is 9.90 Å². The van der Waals surface area contributed by atoms with E-state index >= 15 is 0 Å². The smallest absolute Gasteiger partial charge is 0.306 e. The molecule has 0 radical (unpaired) electrons. The van der Waals surface area contributed by atoms with Gasteiger partial charge in [-0.1, -0.05) is 41.5 Å². The minimum atomic E-state index is 0.0139. The fraction of sp³-hybridized carbons (Fsp3) is 0.967. The molecular formula is C30H50O3. The Balaban J connectivity index is 1.56. The Bertz CT molecular complexity index is 819. The average molecular weight is 459 g/mol. The summed E-state index contributed by atoms with van der Waals surface area (Å²) in [6.45, 7) is 17.8. The maximum atomic E-state index is 12.4. The van der Waals surface area contributed by atoms with E-state index in [2.05, 4.69) is 48.5 Å². The van der Waals surface area contributed by atoms with E-state index in [0.717, 1.165) is 6.42 Å². The van der Waals surface area contributed by atoms with Gasteiger partial charge in [0.25, 0.3) is 0 Å². The maximum absolute atomic E-state index is 12.4. The predicted octanol–water partition coefficient (Wildman–Crippen LogP) is 7.16. The summed E-state index contributed by atoms with van der Waals surface area (Å²) >= 11 is 0. The van der Waals surface area contributed by atoms with E-state index < -0.39 is 0 Å². The van der Waals surface area contributed by atoms with Gasteiger partial charge in [-0.15, -0.1) is 0 Å². The normalized spacial score (nSPS) is 55.8. The molecule has 0 amide bonds. The topological polar surface area (TPSA) is 46.5 Å². The van der Waals surface area contributed by atoms with Gasteiger partial charge in [-0.25, -0.2) is 0 Å². The van der Waals surface area contributed by atoms with Gasteiger partial charge in [-0.3, -0.25) is 4.79 Å². The van der Waals surface area contributed by atoms with Gasteiger partial charge >= 0.3 is 5.97 Å². The van der Waals surface area contributed by atoms with Crippen LogP contribution in [-0.2, 0) is 9.53 Å². The van der Waals surface area contributed by atoms with Crippen LogP contribution < -0.4 is 0 Å². The summed E-state index contributed by atoms with van der Waals surface area (Å²) in [5.74, 6) is 1.89. The molecule has 0 aromatic rings. The molecule has 188 valence electrons. The lowest BCUT2D eigenvalue weighted by Crippen LogP contribution is -2.68. The molecule has 1 N–H and O–H groups in total. The molecule has 9 atom stereocenters. The molecule has 5 rings (SSSR count). The number of ether oxygens (including phenoxy) is 1. The van der Waals surface area contributed by atoms with E-state index in [1.54, 1.807) is 0 Å². The van der Waals surface area contributed by atoms with Crippen LogP contribution in [0.4, 0.5) is 0 Å². The molecule has 5 fully saturated rings. The number of fused-ring (bicyclic) bond motifs is 7. The van der Waals surface area contributed by atoms with Crippen LogP contribution in [0.5, 0.6) is 0 Å². The van der Waals surface area contributed by atoms with E-state index in [-0.39, 0.29) is 33.7 Å². The molecule has 0 aromatic heterocycles. The third-order valence-corrected chi connectivity index (χ3v) is 13.5. The fourth-order valence-electron chi connectivity index (χ4n) is 11.0. The first-order valence-electron chi connectivity index (χ1n) is 14.1. The lowest BCUT2D eigenvalue weighted by atomic mass is 9.30. The molecule has 1 saturated heterocycles. The number of cyclic esters (lactones) is 1. The SMILES string of the molecule is C[C@H]1OC(=O)CC[C@@H]2[C@]1(C)CC[C@H]1[C@@]2(C)CC[C@@]2(C)[C@H]3CC(C)(C)CC[C@]3(CO)CC[C@]12C. The first-order valence-corrected chi connectivity index (χ1v) is 14.1. The summed E-state index contributed by atoms with van der Waals surface area (Å²) in [7, 11) is 0. The van der Waals surface area contributed by atoms with Gasteiger partial charge in [0, 0.05) is 18.4 Å². The number of esters is 1. The monoisotopic (exact) mass is 458 g/mol. The molecule has 1 aliphatic heterocycles. The van der Waals surface area contributed by atoms with Crippen LogP contribution in [0, 0.1) is 50.2 Å². The second-order valence-electron chi connectivity index (χ2n) is 15.1. The maximum Gasteiger partial charge on any atom is 0.306 e. The Kier molecular flexibility index (Phi) is 5.29. The fourth-order valence-corrected chi connectivity index (χ4v) is 11.0. The third-order valence-electron chi connectivity index (χ3n) is 13.5. The summed E-state index contributed by atoms with van der Waals surface area (Å²) in [6.07, 6.45) is 12.8. The standard InChI is InChI=1S/C30H50O3/c1-20-26(4)11-10-22-27(5,21(26)8-9-24(32)33-20)13-14-29(7)23-18-25(2,3)12-16-30(23,19-31)17-15-28(22,29)6/h20-23,31H,8-19H2,1-7H3/t20-,21-,22+,23-,26-,27+,28-,29+,30-/m1/s1. The minimum absolute atomic E-state index is 0.0139. The lowest BCUT2D eigenvalue weighted by Gasteiger charge is -2.74. The third kappa shape index (κ3) is 3.05. The van der Waals surface area contributed by atoms with Crippen molar-refractivity contribution < 1.29 is 14.6 Å². The zero-order valence-corrected chi connectivity index (χ0v) is 22.6. The molecule has 0 bridgehead atoms. The quantitative estimate of drug-likeness (QED) is 0.424. The molecule has 0 aromatic carbocycles. The summed E-state index contributed by atoms with van der Waals surface area (Å²) in [5, 5.41) is 10.7. The summed E-state index contributed by atoms with van der Waals surface area (Å²) in [6, 6.07) is 0. The Hall–Kier alpha value is -0.570. The van der Waals surface area contributed by atoms with Crippen molar-refractivity contribution in [1.82, 2.24) is 0 Å². The molecule has 1 heterocycles. The van der Waals surface area contributed by atoms with Gasteiger partial charge in [-0.2, -0.15) is 0 Å². The van der Waals surface area contributed by atoms with Gasteiger partial charge in [-0.05, 0) is 116 Å². The van der Waals surface area contributed by atoms with E-state index in [4.69, 9.17) is 4.74 Å². The molecule has 3 heteroatoms. The van der Waals surface area contributed by atoms with E-state index in [1.807, 2.05) is 0 Å². The van der Waals surface area contributed by atoms with Gasteiger partial charge in [0.1, 0.15) is 6.10 Å². The second kappa shape index (κ2) is 7.23. The molecule has 0 unspecified atom stereocenters. The summed E-state index contributed by atoms with van der Waals surface area (Å²) in [5.41, 5.74) is 1.47. The number of aliphatic hydroxyl groups excluding tert-OH is 1. The van der Waals surface area contributed by atoms with Gasteiger partial charge < -0.3 is 9.84 Å². The number of aliphatic hydroxyl groups is 1. The molecule has 4 aliphatic carbocycles. The number of carbonyl (C=O) groups is 1. The van der Waals surface area contributed by atoms with Crippen LogP contribution in [0.25, 0.3) is 0 Å². The van der Waals surface area contributed by atoms with Crippen LogP contribution in [0.1, 0.15) is 119 Å². The van der Waals surface area contributed by atoms with Crippen LogP contribution in [0.15, 0.2) is 0 Å². The zero-order valence-electron chi connectivity index (χ0n) is 22.6. The highest BCUT2D eigenvalue weighted by molar-refractivity contribution is 5.70. The molecule has 5 aliphatic rings. The van der Waals surface area contributed by atoms with Crippen LogP contribution in [-0.4, -0.2) is 23.8 Å². The molecule has 4 saturated carbocycles. The highest BCUT2D eigenvalue weighted by Gasteiger charge is 2.71. The molecule has 33 heavy (non-hydrogen) atoms. The van der Waals surface area contributed by atoms with Crippen molar-refractivity contribution in [3.8, 4) is 0 Å². The van der Waals surface area contributed by atoms with Crippen molar-refractivity contribution in [2.45, 2.75) is 125 Å². The lowest BCUT2D eigenvalue weighted by molar-refractivity contribution is -0.262. The first kappa shape index (κ1) is 24.1. The highest BCUT2D eigenvalue weighted by Crippen LogP contribution is 2.77. The molecule has 0 spiro atoms. The van der Waals surface area contributed by atoms with Crippen molar-refractivity contribution in [3.05, 3.63) is 0 Å². The van der Waals surface area contributed by atoms with Crippen LogP contribution in [0.2, 0.25) is 0 Å². The number of hydrogen-bond acceptors (Lipinski definition) is 3. The van der Waals surface area contributed by atoms with E-state index in [0.29, 0.717) is 41.6 Å². The summed E-state index contributed by atoms with van der Waals surface area (Å²) in [4.78, 5) is 12.4. The van der Waals surface area contributed by atoms with Crippen molar-refractivity contribution in [2.24, 2.45) is 50.2 Å². The van der Waals surface area contributed by atoms with Crippen LogP contribution in [0.3, 0.4) is 0 Å². The van der Waals surface area contributed by atoms with Gasteiger partial charge in [0.15, 0.2) is 0 Å². The Morgan fingerprint density at radius 1 is 0.788 bits per heavy atom. The van der Waals surface area contributed by atoms with Crippen LogP contribution >= 0.6 is 0 Å². The minimum Gasteiger partial charge on any atom is -0.462 e. The van der Waals surface area contributed by atoms with Crippen molar-refractivity contribution in [2.75, 3.05) is 6.61 Å². The Morgan fingerprint density at radius 3 is 2.12 bits per heavy atom. The highest BCUT2D eigenvalue weighted by atomic mass is 16.5. The number of carbonyl (C=O) groups excluding carboxylic acids is 1. The van der Waals surface area contributed by atoms with E-state index in [1.165, 1.54) is 57.8 Å².